The Bertz CT molecular complexity index is 704. The highest BCUT2D eigenvalue weighted by atomic mass is 35.5. The minimum absolute atomic E-state index is 0.152. The third-order valence-electron chi connectivity index (χ3n) is 3.25. The third kappa shape index (κ3) is 2.58. The number of nitrogens with two attached hydrogens (primary N) is 1. The van der Waals surface area contributed by atoms with Crippen molar-refractivity contribution >= 4 is 44.6 Å². The van der Waals surface area contributed by atoms with Crippen molar-refractivity contribution in [1.82, 2.24) is 4.90 Å². The molecule has 2 N–H and O–H groups in total. The summed E-state index contributed by atoms with van der Waals surface area (Å²) in [6.07, 6.45) is 0.291. The number of amides is 1. The summed E-state index contributed by atoms with van der Waals surface area (Å²) in [4.78, 5) is 14.5. The Morgan fingerprint density at radius 3 is 2.95 bits per heavy atom. The van der Waals surface area contributed by atoms with Crippen LogP contribution < -0.4 is 5.73 Å². The van der Waals surface area contributed by atoms with Crippen molar-refractivity contribution in [1.29, 1.82) is 5.26 Å². The fourth-order valence-electron chi connectivity index (χ4n) is 1.88. The van der Waals surface area contributed by atoms with E-state index in [0.717, 1.165) is 10.1 Å². The van der Waals surface area contributed by atoms with Crippen LogP contribution in [-0.4, -0.2) is 23.9 Å². The summed E-state index contributed by atoms with van der Waals surface area (Å²) >= 11 is 7.30. The second kappa shape index (κ2) is 5.70. The average Bonchev–Trinajstić information content (AvgIpc) is 2.74. The smallest absolute Gasteiger partial charge is 0.266 e. The SMILES string of the molecule is CC(CC#N)N(C)C(=O)c1sc2ccc(Cl)cc2c1N. The van der Waals surface area contributed by atoms with Gasteiger partial charge in [-0.25, -0.2) is 0 Å². The Balaban J connectivity index is 2.40. The van der Waals surface area contributed by atoms with Crippen molar-refractivity contribution in [3.8, 4) is 6.07 Å². The van der Waals surface area contributed by atoms with Crippen LogP contribution in [0, 0.1) is 11.3 Å². The molecule has 1 aromatic heterocycles. The molecule has 1 amide bonds. The number of carbonyl (C=O) groups is 1. The lowest BCUT2D eigenvalue weighted by Gasteiger charge is -2.22. The molecule has 0 radical (unpaired) electrons. The van der Waals surface area contributed by atoms with Gasteiger partial charge in [0, 0.05) is 28.2 Å². The van der Waals surface area contributed by atoms with Crippen LogP contribution in [0.4, 0.5) is 5.69 Å². The van der Waals surface area contributed by atoms with Crippen molar-refractivity contribution in [2.75, 3.05) is 12.8 Å². The normalized spacial score (nSPS) is 12.1. The maximum absolute atomic E-state index is 12.5. The van der Waals surface area contributed by atoms with Crippen LogP contribution in [-0.2, 0) is 0 Å². The van der Waals surface area contributed by atoms with Gasteiger partial charge < -0.3 is 10.6 Å². The first kappa shape index (κ1) is 14.6. The van der Waals surface area contributed by atoms with Crippen LogP contribution in [0.25, 0.3) is 10.1 Å². The van der Waals surface area contributed by atoms with Crippen LogP contribution >= 0.6 is 22.9 Å². The number of hydrogen-bond donors (Lipinski definition) is 1. The minimum atomic E-state index is -0.164. The number of fused-ring (bicyclic) bond motifs is 1. The lowest BCUT2D eigenvalue weighted by Crippen LogP contribution is -2.34. The molecular formula is C14H14ClN3OS. The zero-order valence-corrected chi connectivity index (χ0v) is 12.8. The molecule has 0 aliphatic rings. The van der Waals surface area contributed by atoms with E-state index in [-0.39, 0.29) is 11.9 Å². The molecule has 0 aliphatic carbocycles. The Labute approximate surface area is 126 Å². The molecule has 0 aliphatic heterocycles. The molecule has 0 spiro atoms. The van der Waals surface area contributed by atoms with Gasteiger partial charge in [-0.15, -0.1) is 11.3 Å². The van der Waals surface area contributed by atoms with E-state index < -0.39 is 0 Å². The third-order valence-corrected chi connectivity index (χ3v) is 4.66. The number of thiophene rings is 1. The first-order valence-electron chi connectivity index (χ1n) is 6.07. The largest absolute Gasteiger partial charge is 0.397 e. The Morgan fingerprint density at radius 1 is 1.60 bits per heavy atom. The molecule has 2 rings (SSSR count). The van der Waals surface area contributed by atoms with Gasteiger partial charge in [0.05, 0.1) is 18.2 Å². The van der Waals surface area contributed by atoms with Crippen molar-refractivity contribution in [2.24, 2.45) is 0 Å². The number of nitrogen functional groups attached to an aromatic ring is 1. The van der Waals surface area contributed by atoms with Gasteiger partial charge in [-0.2, -0.15) is 5.26 Å². The highest BCUT2D eigenvalue weighted by Crippen LogP contribution is 2.36. The number of rotatable bonds is 3. The number of nitriles is 1. The van der Waals surface area contributed by atoms with Gasteiger partial charge in [-0.05, 0) is 25.1 Å². The zero-order valence-electron chi connectivity index (χ0n) is 11.2. The average molecular weight is 308 g/mol. The molecular weight excluding hydrogens is 294 g/mol. The monoisotopic (exact) mass is 307 g/mol. The minimum Gasteiger partial charge on any atom is -0.397 e. The number of benzene rings is 1. The Hall–Kier alpha value is -1.77. The van der Waals surface area contributed by atoms with Gasteiger partial charge in [0.1, 0.15) is 4.88 Å². The second-order valence-corrected chi connectivity index (χ2v) is 6.10. The molecule has 0 fully saturated rings. The van der Waals surface area contributed by atoms with Crippen LogP contribution in [0.2, 0.25) is 5.02 Å². The van der Waals surface area contributed by atoms with E-state index in [9.17, 15) is 4.79 Å². The van der Waals surface area contributed by atoms with Crippen LogP contribution in [0.1, 0.15) is 23.0 Å². The Morgan fingerprint density at radius 2 is 2.30 bits per heavy atom. The van der Waals surface area contributed by atoms with Crippen molar-refractivity contribution in [3.63, 3.8) is 0 Å². The predicted octanol–water partition coefficient (Wildman–Crippen LogP) is 3.51. The van der Waals surface area contributed by atoms with Crippen molar-refractivity contribution in [3.05, 3.63) is 28.1 Å². The van der Waals surface area contributed by atoms with Crippen molar-refractivity contribution < 1.29 is 4.79 Å². The van der Waals surface area contributed by atoms with E-state index >= 15 is 0 Å². The molecule has 0 bridgehead atoms. The van der Waals surface area contributed by atoms with E-state index in [2.05, 4.69) is 6.07 Å². The zero-order chi connectivity index (χ0) is 14.9. The van der Waals surface area contributed by atoms with E-state index in [1.807, 2.05) is 13.0 Å². The summed E-state index contributed by atoms with van der Waals surface area (Å²) in [5.41, 5.74) is 6.51. The summed E-state index contributed by atoms with van der Waals surface area (Å²) in [7, 11) is 1.68. The fourth-order valence-corrected chi connectivity index (χ4v) is 3.14. The van der Waals surface area contributed by atoms with E-state index in [1.54, 1.807) is 24.1 Å². The highest BCUT2D eigenvalue weighted by Gasteiger charge is 2.22. The fraction of sp³-hybridized carbons (Fsp3) is 0.286. The van der Waals surface area contributed by atoms with Gasteiger partial charge in [-0.1, -0.05) is 11.6 Å². The van der Waals surface area contributed by atoms with Gasteiger partial charge in [-0.3, -0.25) is 4.79 Å². The number of anilines is 1. The summed E-state index contributed by atoms with van der Waals surface area (Å²) in [6, 6.07) is 7.30. The molecule has 20 heavy (non-hydrogen) atoms. The quantitative estimate of drug-likeness (QED) is 0.943. The first-order valence-corrected chi connectivity index (χ1v) is 7.26. The highest BCUT2D eigenvalue weighted by molar-refractivity contribution is 7.21. The number of hydrogen-bond acceptors (Lipinski definition) is 4. The van der Waals surface area contributed by atoms with Crippen LogP contribution in [0.3, 0.4) is 0 Å². The number of halogens is 1. The summed E-state index contributed by atoms with van der Waals surface area (Å²) < 4.78 is 0.927. The van der Waals surface area contributed by atoms with Gasteiger partial charge >= 0.3 is 0 Å². The molecule has 0 saturated carbocycles. The second-order valence-electron chi connectivity index (χ2n) is 4.61. The first-order chi connectivity index (χ1) is 9.45. The van der Waals surface area contributed by atoms with Crippen molar-refractivity contribution in [2.45, 2.75) is 19.4 Å². The van der Waals surface area contributed by atoms with Crippen LogP contribution in [0.5, 0.6) is 0 Å². The molecule has 4 nitrogen and oxygen atoms in total. The lowest BCUT2D eigenvalue weighted by atomic mass is 10.2. The maximum Gasteiger partial charge on any atom is 0.266 e. The summed E-state index contributed by atoms with van der Waals surface area (Å²) in [6.45, 7) is 1.83. The van der Waals surface area contributed by atoms with Gasteiger partial charge in [0.25, 0.3) is 5.91 Å². The number of nitrogens with zero attached hydrogens (tertiary/aromatic N) is 2. The number of carbonyl (C=O) groups excluding carboxylic acids is 1. The molecule has 1 atom stereocenters. The molecule has 6 heteroatoms. The Kier molecular flexibility index (Phi) is 4.17. The summed E-state index contributed by atoms with van der Waals surface area (Å²) in [5, 5.41) is 10.1. The topological polar surface area (TPSA) is 70.1 Å². The maximum atomic E-state index is 12.5. The van der Waals surface area contributed by atoms with E-state index in [4.69, 9.17) is 22.6 Å². The van der Waals surface area contributed by atoms with Gasteiger partial charge in [0.2, 0.25) is 0 Å². The van der Waals surface area contributed by atoms with E-state index in [0.29, 0.717) is 22.0 Å². The predicted molar refractivity (Wildman–Crippen MR) is 83.0 cm³/mol. The lowest BCUT2D eigenvalue weighted by molar-refractivity contribution is 0.0752. The summed E-state index contributed by atoms with van der Waals surface area (Å²) in [5.74, 6) is -0.164. The molecule has 1 unspecified atom stereocenters. The van der Waals surface area contributed by atoms with Crippen LogP contribution in [0.15, 0.2) is 18.2 Å². The van der Waals surface area contributed by atoms with Gasteiger partial charge in [0.15, 0.2) is 0 Å². The van der Waals surface area contributed by atoms with E-state index in [1.165, 1.54) is 11.3 Å². The standard InChI is InChI=1S/C14H14ClN3OS/c1-8(5-6-16)18(2)14(19)13-12(17)10-7-9(15)3-4-11(10)20-13/h3-4,7-8H,5,17H2,1-2H3. The molecule has 2 aromatic rings. The molecule has 1 aromatic carbocycles. The molecule has 0 saturated heterocycles. The molecule has 104 valence electrons. The molecule has 1 heterocycles.